The van der Waals surface area contributed by atoms with Crippen LogP contribution in [0.4, 0.5) is 16.2 Å². The molecule has 64 valence electrons. The van der Waals surface area contributed by atoms with Crippen molar-refractivity contribution in [3.63, 3.8) is 0 Å². The van der Waals surface area contributed by atoms with E-state index in [1.54, 1.807) is 0 Å². The number of carboxylic acid groups (broad SMARTS) is 1. The van der Waals surface area contributed by atoms with Gasteiger partial charge in [0.25, 0.3) is 0 Å². The number of aromatic nitrogens is 1. The van der Waals surface area contributed by atoms with Crippen LogP contribution < -0.4 is 11.1 Å². The summed E-state index contributed by atoms with van der Waals surface area (Å²) in [5.74, 6) is 0. The molecule has 0 aliphatic carbocycles. The van der Waals surface area contributed by atoms with E-state index in [0.717, 1.165) is 0 Å². The highest BCUT2D eigenvalue weighted by atomic mass is 35.5. The SMILES string of the molecule is Nc1cnc(Cl)c(NC(=O)O)c1. The second kappa shape index (κ2) is 3.27. The number of anilines is 2. The highest BCUT2D eigenvalue weighted by Crippen LogP contribution is 2.20. The van der Waals surface area contributed by atoms with Crippen molar-refractivity contribution >= 4 is 29.1 Å². The molecule has 1 heterocycles. The second-order valence-corrected chi connectivity index (χ2v) is 2.40. The molecule has 5 nitrogen and oxygen atoms in total. The molecule has 0 fully saturated rings. The number of nitrogen functional groups attached to an aromatic ring is 1. The molecule has 12 heavy (non-hydrogen) atoms. The van der Waals surface area contributed by atoms with Gasteiger partial charge >= 0.3 is 6.09 Å². The monoisotopic (exact) mass is 187 g/mol. The number of carbonyl (C=O) groups is 1. The molecule has 6 heteroatoms. The fraction of sp³-hybridized carbons (Fsp3) is 0. The van der Waals surface area contributed by atoms with E-state index in [4.69, 9.17) is 22.4 Å². The standard InChI is InChI=1S/C6H6ClN3O2/c7-5-4(10-6(11)12)1-3(8)2-9-5/h1-2,10H,8H2,(H,11,12). The fourth-order valence-electron chi connectivity index (χ4n) is 0.667. The van der Waals surface area contributed by atoms with Gasteiger partial charge in [-0.3, -0.25) is 5.32 Å². The first kappa shape index (κ1) is 8.61. The summed E-state index contributed by atoms with van der Waals surface area (Å²) in [5.41, 5.74) is 5.88. The summed E-state index contributed by atoms with van der Waals surface area (Å²) < 4.78 is 0. The maximum absolute atomic E-state index is 10.2. The Morgan fingerprint density at radius 3 is 3.00 bits per heavy atom. The van der Waals surface area contributed by atoms with E-state index in [0.29, 0.717) is 5.69 Å². The molecule has 0 saturated carbocycles. The number of hydrogen-bond donors (Lipinski definition) is 3. The molecule has 0 unspecified atom stereocenters. The maximum atomic E-state index is 10.2. The number of nitrogens with one attached hydrogen (secondary N) is 1. The van der Waals surface area contributed by atoms with Crippen LogP contribution >= 0.6 is 11.6 Å². The molecular formula is C6H6ClN3O2. The zero-order valence-electron chi connectivity index (χ0n) is 5.91. The quantitative estimate of drug-likeness (QED) is 0.580. The predicted octanol–water partition coefficient (Wildman–Crippen LogP) is 1.41. The first-order valence-corrected chi connectivity index (χ1v) is 3.38. The number of hydrogen-bond acceptors (Lipinski definition) is 3. The molecular weight excluding hydrogens is 182 g/mol. The van der Waals surface area contributed by atoms with E-state index in [1.807, 2.05) is 0 Å². The van der Waals surface area contributed by atoms with Crippen molar-refractivity contribution in [1.29, 1.82) is 0 Å². The van der Waals surface area contributed by atoms with Gasteiger partial charge in [-0.05, 0) is 6.07 Å². The van der Waals surface area contributed by atoms with Gasteiger partial charge in [-0.2, -0.15) is 0 Å². The molecule has 0 aromatic carbocycles. The minimum atomic E-state index is -1.20. The van der Waals surface area contributed by atoms with Crippen molar-refractivity contribution in [3.8, 4) is 0 Å². The molecule has 1 rings (SSSR count). The lowest BCUT2D eigenvalue weighted by Crippen LogP contribution is -2.08. The maximum Gasteiger partial charge on any atom is 0.409 e. The lowest BCUT2D eigenvalue weighted by atomic mass is 10.4. The average Bonchev–Trinajstić information content (AvgIpc) is 1.96. The van der Waals surface area contributed by atoms with Crippen molar-refractivity contribution in [1.82, 2.24) is 4.98 Å². The van der Waals surface area contributed by atoms with Gasteiger partial charge in [-0.25, -0.2) is 9.78 Å². The second-order valence-electron chi connectivity index (χ2n) is 2.04. The van der Waals surface area contributed by atoms with E-state index in [9.17, 15) is 4.79 Å². The first-order chi connectivity index (χ1) is 5.59. The van der Waals surface area contributed by atoms with Gasteiger partial charge in [0.05, 0.1) is 17.6 Å². The van der Waals surface area contributed by atoms with E-state index in [2.05, 4.69) is 10.3 Å². The largest absolute Gasteiger partial charge is 0.465 e. The Bertz CT molecular complexity index is 316. The van der Waals surface area contributed by atoms with Gasteiger partial charge in [0.15, 0.2) is 5.15 Å². The predicted molar refractivity (Wildman–Crippen MR) is 45.3 cm³/mol. The fourth-order valence-corrected chi connectivity index (χ4v) is 0.818. The van der Waals surface area contributed by atoms with Crippen LogP contribution in [0.2, 0.25) is 5.15 Å². The van der Waals surface area contributed by atoms with Gasteiger partial charge in [-0.1, -0.05) is 11.6 Å². The summed E-state index contributed by atoms with van der Waals surface area (Å²) in [5, 5.41) is 10.5. The van der Waals surface area contributed by atoms with Crippen LogP contribution in [-0.2, 0) is 0 Å². The molecule has 1 amide bonds. The molecule has 1 aromatic heterocycles. The Morgan fingerprint density at radius 2 is 2.42 bits per heavy atom. The van der Waals surface area contributed by atoms with Gasteiger partial charge in [0.1, 0.15) is 0 Å². The van der Waals surface area contributed by atoms with Crippen molar-refractivity contribution in [3.05, 3.63) is 17.4 Å². The Morgan fingerprint density at radius 1 is 1.75 bits per heavy atom. The van der Waals surface area contributed by atoms with Crippen LogP contribution in [0.15, 0.2) is 12.3 Å². The van der Waals surface area contributed by atoms with Crippen LogP contribution in [0.1, 0.15) is 0 Å². The molecule has 4 N–H and O–H groups in total. The third-order valence-electron chi connectivity index (χ3n) is 1.10. The van der Waals surface area contributed by atoms with Crippen LogP contribution in [0.5, 0.6) is 0 Å². The van der Waals surface area contributed by atoms with Gasteiger partial charge < -0.3 is 10.8 Å². The van der Waals surface area contributed by atoms with E-state index in [1.165, 1.54) is 12.3 Å². The molecule has 0 aliphatic heterocycles. The average molecular weight is 188 g/mol. The summed E-state index contributed by atoms with van der Waals surface area (Å²) in [4.78, 5) is 13.8. The van der Waals surface area contributed by atoms with Crippen molar-refractivity contribution in [2.75, 3.05) is 11.1 Å². The number of rotatable bonds is 1. The minimum Gasteiger partial charge on any atom is -0.465 e. The number of amides is 1. The molecule has 1 aromatic rings. The number of pyridine rings is 1. The summed E-state index contributed by atoms with van der Waals surface area (Å²) in [6.45, 7) is 0. The first-order valence-electron chi connectivity index (χ1n) is 3.00. The number of halogens is 1. The highest BCUT2D eigenvalue weighted by Gasteiger charge is 2.04. The Balaban J connectivity index is 2.97. The molecule has 0 aliphatic rings. The van der Waals surface area contributed by atoms with Crippen molar-refractivity contribution < 1.29 is 9.90 Å². The minimum absolute atomic E-state index is 0.0756. The van der Waals surface area contributed by atoms with E-state index < -0.39 is 6.09 Å². The molecule has 0 bridgehead atoms. The van der Waals surface area contributed by atoms with Crippen LogP contribution in [0.3, 0.4) is 0 Å². The zero-order valence-corrected chi connectivity index (χ0v) is 6.67. The number of nitrogens with zero attached hydrogens (tertiary/aromatic N) is 1. The summed E-state index contributed by atoms with van der Waals surface area (Å²) in [6.07, 6.45) is 0.138. The van der Waals surface area contributed by atoms with Crippen LogP contribution in [0, 0.1) is 0 Å². The normalized spacial score (nSPS) is 9.42. The third kappa shape index (κ3) is 2.00. The topological polar surface area (TPSA) is 88.2 Å². The highest BCUT2D eigenvalue weighted by molar-refractivity contribution is 6.32. The van der Waals surface area contributed by atoms with Crippen molar-refractivity contribution in [2.24, 2.45) is 0 Å². The third-order valence-corrected chi connectivity index (χ3v) is 1.40. The molecule has 0 spiro atoms. The zero-order chi connectivity index (χ0) is 9.14. The van der Waals surface area contributed by atoms with Gasteiger partial charge in [0, 0.05) is 0 Å². The molecule has 0 radical (unpaired) electrons. The van der Waals surface area contributed by atoms with Gasteiger partial charge in [0.2, 0.25) is 0 Å². The summed E-state index contributed by atoms with van der Waals surface area (Å²) in [7, 11) is 0. The van der Waals surface area contributed by atoms with Crippen LogP contribution in [-0.4, -0.2) is 16.2 Å². The van der Waals surface area contributed by atoms with E-state index >= 15 is 0 Å². The molecule has 0 atom stereocenters. The molecule has 0 saturated heterocycles. The number of nitrogens with two attached hydrogens (primary N) is 1. The van der Waals surface area contributed by atoms with E-state index in [-0.39, 0.29) is 10.8 Å². The Hall–Kier alpha value is -1.49. The Labute approximate surface area is 73.2 Å². The lowest BCUT2D eigenvalue weighted by molar-refractivity contribution is 0.209. The van der Waals surface area contributed by atoms with Crippen LogP contribution in [0.25, 0.3) is 0 Å². The van der Waals surface area contributed by atoms with Crippen molar-refractivity contribution in [2.45, 2.75) is 0 Å². The Kier molecular flexibility index (Phi) is 2.35. The lowest BCUT2D eigenvalue weighted by Gasteiger charge is -2.02. The van der Waals surface area contributed by atoms with Gasteiger partial charge in [-0.15, -0.1) is 0 Å². The summed E-state index contributed by atoms with van der Waals surface area (Å²) in [6, 6.07) is 1.39. The summed E-state index contributed by atoms with van der Waals surface area (Å²) >= 11 is 5.55. The smallest absolute Gasteiger partial charge is 0.409 e.